The number of hydrogen-bond donors (Lipinski definition) is 1. The van der Waals surface area contributed by atoms with Gasteiger partial charge >= 0.3 is 0 Å². The lowest BCUT2D eigenvalue weighted by Gasteiger charge is -2.32. The number of rotatable bonds is 0. The fourth-order valence-electron chi connectivity index (χ4n) is 2.09. The summed E-state index contributed by atoms with van der Waals surface area (Å²) in [5, 5.41) is 11.8. The lowest BCUT2D eigenvalue weighted by atomic mass is 10.0. The Morgan fingerprint density at radius 2 is 2.12 bits per heavy atom. The van der Waals surface area contributed by atoms with Crippen molar-refractivity contribution in [1.82, 2.24) is 19.7 Å². The molecule has 0 amide bonds. The first-order valence-corrected chi connectivity index (χ1v) is 5.26. The Morgan fingerprint density at radius 3 is 2.94 bits per heavy atom. The van der Waals surface area contributed by atoms with Gasteiger partial charge in [-0.3, -0.25) is 4.57 Å². The molecule has 5 nitrogen and oxygen atoms in total. The standard InChI is InChI=1S/C11H13N5/c1-7-14-15-10-11(2,3)13-8-5-4-6-12-9(8)16(7)10/h4-6,13H,1-3H3. The number of aromatic nitrogens is 4. The van der Waals surface area contributed by atoms with Crippen LogP contribution in [0.1, 0.15) is 25.5 Å². The Labute approximate surface area is 93.5 Å². The van der Waals surface area contributed by atoms with Crippen LogP contribution in [-0.4, -0.2) is 19.7 Å². The van der Waals surface area contributed by atoms with E-state index in [1.807, 2.05) is 23.6 Å². The van der Waals surface area contributed by atoms with Gasteiger partial charge in [0.15, 0.2) is 11.6 Å². The van der Waals surface area contributed by atoms with Crippen molar-refractivity contribution in [1.29, 1.82) is 0 Å². The van der Waals surface area contributed by atoms with Gasteiger partial charge in [0.2, 0.25) is 0 Å². The van der Waals surface area contributed by atoms with Crippen molar-refractivity contribution in [3.05, 3.63) is 30.0 Å². The van der Waals surface area contributed by atoms with E-state index < -0.39 is 0 Å². The largest absolute Gasteiger partial charge is 0.370 e. The molecule has 0 saturated carbocycles. The summed E-state index contributed by atoms with van der Waals surface area (Å²) in [4.78, 5) is 4.38. The lowest BCUT2D eigenvalue weighted by molar-refractivity contribution is 0.531. The predicted octanol–water partition coefficient (Wildman–Crippen LogP) is 1.63. The smallest absolute Gasteiger partial charge is 0.164 e. The predicted molar refractivity (Wildman–Crippen MR) is 60.5 cm³/mol. The van der Waals surface area contributed by atoms with E-state index in [2.05, 4.69) is 34.3 Å². The van der Waals surface area contributed by atoms with Gasteiger partial charge in [-0.15, -0.1) is 10.2 Å². The average Bonchev–Trinajstić information content (AvgIpc) is 2.61. The van der Waals surface area contributed by atoms with Gasteiger partial charge in [-0.1, -0.05) is 0 Å². The van der Waals surface area contributed by atoms with Crippen molar-refractivity contribution in [3.63, 3.8) is 0 Å². The molecule has 0 fully saturated rings. The van der Waals surface area contributed by atoms with Crippen LogP contribution >= 0.6 is 0 Å². The minimum absolute atomic E-state index is 0.225. The van der Waals surface area contributed by atoms with Gasteiger partial charge in [-0.05, 0) is 32.9 Å². The van der Waals surface area contributed by atoms with E-state index in [0.717, 1.165) is 23.2 Å². The van der Waals surface area contributed by atoms with Crippen molar-refractivity contribution in [2.75, 3.05) is 5.32 Å². The van der Waals surface area contributed by atoms with Gasteiger partial charge in [0, 0.05) is 6.20 Å². The number of pyridine rings is 1. The van der Waals surface area contributed by atoms with Crippen LogP contribution in [0.25, 0.3) is 5.82 Å². The molecule has 1 aliphatic rings. The summed E-state index contributed by atoms with van der Waals surface area (Å²) in [5.41, 5.74) is 0.792. The molecule has 3 heterocycles. The monoisotopic (exact) mass is 215 g/mol. The zero-order valence-electron chi connectivity index (χ0n) is 9.52. The molecule has 1 N–H and O–H groups in total. The van der Waals surface area contributed by atoms with Crippen LogP contribution in [0, 0.1) is 6.92 Å². The molecule has 2 aromatic rings. The maximum Gasteiger partial charge on any atom is 0.164 e. The Bertz CT molecular complexity index is 555. The van der Waals surface area contributed by atoms with Gasteiger partial charge in [0.1, 0.15) is 5.82 Å². The molecular weight excluding hydrogens is 202 g/mol. The number of nitrogens with zero attached hydrogens (tertiary/aromatic N) is 4. The van der Waals surface area contributed by atoms with Gasteiger partial charge in [0.25, 0.3) is 0 Å². The molecule has 5 heteroatoms. The van der Waals surface area contributed by atoms with Crippen LogP contribution in [0.5, 0.6) is 0 Å². The number of anilines is 1. The van der Waals surface area contributed by atoms with Crippen LogP contribution in [0.3, 0.4) is 0 Å². The molecule has 82 valence electrons. The fourth-order valence-corrected chi connectivity index (χ4v) is 2.09. The van der Waals surface area contributed by atoms with E-state index in [-0.39, 0.29) is 5.54 Å². The molecule has 0 radical (unpaired) electrons. The van der Waals surface area contributed by atoms with Crippen LogP contribution in [0.2, 0.25) is 0 Å². The van der Waals surface area contributed by atoms with Crippen molar-refractivity contribution in [2.45, 2.75) is 26.3 Å². The second-order valence-electron chi connectivity index (χ2n) is 4.53. The van der Waals surface area contributed by atoms with Gasteiger partial charge < -0.3 is 5.32 Å². The molecule has 3 rings (SSSR count). The molecule has 1 aliphatic heterocycles. The first-order chi connectivity index (χ1) is 7.59. The number of hydrogen-bond acceptors (Lipinski definition) is 4. The van der Waals surface area contributed by atoms with E-state index in [9.17, 15) is 0 Å². The molecular formula is C11H13N5. The SMILES string of the molecule is Cc1nnc2n1-c1ncccc1NC2(C)C. The summed E-state index contributed by atoms with van der Waals surface area (Å²) in [6.07, 6.45) is 1.78. The van der Waals surface area contributed by atoms with E-state index in [0.29, 0.717) is 0 Å². The highest BCUT2D eigenvalue weighted by molar-refractivity contribution is 5.62. The summed E-state index contributed by atoms with van der Waals surface area (Å²) >= 11 is 0. The Morgan fingerprint density at radius 1 is 1.31 bits per heavy atom. The van der Waals surface area contributed by atoms with Gasteiger partial charge in [0.05, 0.1) is 11.2 Å². The minimum atomic E-state index is -0.225. The normalized spacial score (nSPS) is 16.2. The zero-order chi connectivity index (χ0) is 11.3. The first-order valence-electron chi connectivity index (χ1n) is 5.26. The third kappa shape index (κ3) is 1.08. The highest BCUT2D eigenvalue weighted by Gasteiger charge is 2.34. The summed E-state index contributed by atoms with van der Waals surface area (Å²) in [5.74, 6) is 2.64. The summed E-state index contributed by atoms with van der Waals surface area (Å²) in [7, 11) is 0. The number of fused-ring (bicyclic) bond motifs is 3. The summed E-state index contributed by atoms with van der Waals surface area (Å²) in [6.45, 7) is 6.11. The van der Waals surface area contributed by atoms with Crippen LogP contribution in [0.15, 0.2) is 18.3 Å². The van der Waals surface area contributed by atoms with Crippen LogP contribution in [0.4, 0.5) is 5.69 Å². The second kappa shape index (κ2) is 2.81. The molecule has 0 aliphatic carbocycles. The van der Waals surface area contributed by atoms with Crippen molar-refractivity contribution >= 4 is 5.69 Å². The Kier molecular flexibility index (Phi) is 1.64. The fraction of sp³-hybridized carbons (Fsp3) is 0.364. The molecule has 0 atom stereocenters. The third-order valence-corrected chi connectivity index (χ3v) is 2.83. The third-order valence-electron chi connectivity index (χ3n) is 2.83. The van der Waals surface area contributed by atoms with Gasteiger partial charge in [-0.25, -0.2) is 4.98 Å². The minimum Gasteiger partial charge on any atom is -0.370 e. The maximum atomic E-state index is 4.38. The Balaban J connectivity index is 2.36. The molecule has 0 aromatic carbocycles. The van der Waals surface area contributed by atoms with Gasteiger partial charge in [-0.2, -0.15) is 0 Å². The van der Waals surface area contributed by atoms with Crippen molar-refractivity contribution < 1.29 is 0 Å². The molecule has 0 spiro atoms. The molecule has 0 unspecified atom stereocenters. The van der Waals surface area contributed by atoms with E-state index in [4.69, 9.17) is 0 Å². The van der Waals surface area contributed by atoms with E-state index in [1.165, 1.54) is 0 Å². The average molecular weight is 215 g/mol. The number of nitrogens with one attached hydrogen (secondary N) is 1. The van der Waals surface area contributed by atoms with Crippen molar-refractivity contribution in [3.8, 4) is 5.82 Å². The quantitative estimate of drug-likeness (QED) is 0.725. The lowest BCUT2D eigenvalue weighted by Crippen LogP contribution is -2.36. The maximum absolute atomic E-state index is 4.38. The molecule has 16 heavy (non-hydrogen) atoms. The Hall–Kier alpha value is -1.91. The zero-order valence-corrected chi connectivity index (χ0v) is 9.52. The highest BCUT2D eigenvalue weighted by Crippen LogP contribution is 2.34. The number of aryl methyl sites for hydroxylation is 1. The van der Waals surface area contributed by atoms with E-state index >= 15 is 0 Å². The summed E-state index contributed by atoms with van der Waals surface area (Å²) in [6, 6.07) is 3.94. The van der Waals surface area contributed by atoms with E-state index in [1.54, 1.807) is 6.20 Å². The highest BCUT2D eigenvalue weighted by atomic mass is 15.3. The topological polar surface area (TPSA) is 55.6 Å². The van der Waals surface area contributed by atoms with Crippen LogP contribution in [-0.2, 0) is 5.54 Å². The first kappa shape index (κ1) is 9.33. The van der Waals surface area contributed by atoms with Crippen LogP contribution < -0.4 is 5.32 Å². The van der Waals surface area contributed by atoms with Crippen molar-refractivity contribution in [2.24, 2.45) is 0 Å². The molecule has 0 bridgehead atoms. The molecule has 2 aromatic heterocycles. The second-order valence-corrected chi connectivity index (χ2v) is 4.53. The molecule has 0 saturated heterocycles. The summed E-state index contributed by atoms with van der Waals surface area (Å²) < 4.78 is 2.01.